The Labute approximate surface area is 108 Å². The van der Waals surface area contributed by atoms with Crippen molar-refractivity contribution in [3.05, 3.63) is 56.4 Å². The first-order chi connectivity index (χ1) is 8.49. The summed E-state index contributed by atoms with van der Waals surface area (Å²) in [6.45, 7) is 1.50. The van der Waals surface area contributed by atoms with Gasteiger partial charge in [-0.3, -0.25) is 10.1 Å². The van der Waals surface area contributed by atoms with E-state index in [1.165, 1.54) is 6.92 Å². The quantitative estimate of drug-likeness (QED) is 0.636. The summed E-state index contributed by atoms with van der Waals surface area (Å²) in [5.41, 5.74) is 0.779. The maximum absolute atomic E-state index is 11.4. The second kappa shape index (κ2) is 4.66. The maximum Gasteiger partial charge on any atom is 0.320 e. The largest absolute Gasteiger partial charge is 0.321 e. The first kappa shape index (κ1) is 12.4. The molecule has 0 saturated carbocycles. The number of hydrogen-bond donors (Lipinski definition) is 2. The first-order valence-corrected chi connectivity index (χ1v) is 5.55. The van der Waals surface area contributed by atoms with E-state index in [4.69, 9.17) is 11.6 Å². The predicted octanol–water partition coefficient (Wildman–Crippen LogP) is 2.20. The van der Waals surface area contributed by atoms with Crippen molar-refractivity contribution in [1.29, 1.82) is 0 Å². The number of allylic oxidation sites excluding steroid dienone is 1. The first-order valence-electron chi connectivity index (χ1n) is 5.17. The van der Waals surface area contributed by atoms with Crippen molar-refractivity contribution in [2.24, 2.45) is 0 Å². The van der Waals surface area contributed by atoms with Gasteiger partial charge in [-0.1, -0.05) is 23.7 Å². The average Bonchev–Trinajstić information content (AvgIpc) is 2.28. The van der Waals surface area contributed by atoms with Crippen LogP contribution in [0.15, 0.2) is 35.7 Å². The maximum atomic E-state index is 11.4. The lowest BCUT2D eigenvalue weighted by atomic mass is 10.0. The lowest BCUT2D eigenvalue weighted by Gasteiger charge is -2.23. The Morgan fingerprint density at radius 3 is 2.50 bits per heavy atom. The fraction of sp³-hybridized carbons (Fsp3) is 0.182. The molecular weight excluding hydrogens is 258 g/mol. The second-order valence-electron chi connectivity index (χ2n) is 3.85. The summed E-state index contributed by atoms with van der Waals surface area (Å²) in [4.78, 5) is 21.9. The fourth-order valence-corrected chi connectivity index (χ4v) is 1.95. The normalized spacial score (nSPS) is 19.2. The smallest absolute Gasteiger partial charge is 0.320 e. The van der Waals surface area contributed by atoms with Crippen molar-refractivity contribution in [3.63, 3.8) is 0 Å². The van der Waals surface area contributed by atoms with E-state index in [-0.39, 0.29) is 11.4 Å². The van der Waals surface area contributed by atoms with E-state index in [2.05, 4.69) is 10.6 Å². The minimum atomic E-state index is -0.772. The van der Waals surface area contributed by atoms with Gasteiger partial charge < -0.3 is 10.6 Å². The van der Waals surface area contributed by atoms with E-state index in [9.17, 15) is 14.9 Å². The summed E-state index contributed by atoms with van der Waals surface area (Å²) in [5.74, 6) is 0. The number of urea groups is 1. The zero-order chi connectivity index (χ0) is 13.3. The molecule has 94 valence electrons. The number of amides is 2. The summed E-state index contributed by atoms with van der Waals surface area (Å²) in [7, 11) is 0. The number of nitro groups is 1. The molecule has 1 aromatic carbocycles. The van der Waals surface area contributed by atoms with E-state index >= 15 is 0 Å². The monoisotopic (exact) mass is 267 g/mol. The van der Waals surface area contributed by atoms with Gasteiger partial charge in [0.25, 0.3) is 5.70 Å². The number of rotatable bonds is 2. The van der Waals surface area contributed by atoms with Crippen molar-refractivity contribution < 1.29 is 9.72 Å². The molecular formula is C11H10ClN3O3. The molecule has 0 spiro atoms. The minimum absolute atomic E-state index is 0.0723. The Morgan fingerprint density at radius 1 is 1.33 bits per heavy atom. The van der Waals surface area contributed by atoms with E-state index in [0.29, 0.717) is 10.6 Å². The van der Waals surface area contributed by atoms with Crippen LogP contribution in [-0.2, 0) is 0 Å². The van der Waals surface area contributed by atoms with Crippen LogP contribution in [0.2, 0.25) is 5.02 Å². The van der Waals surface area contributed by atoms with E-state index in [1.807, 2.05) is 0 Å². The third-order valence-electron chi connectivity index (χ3n) is 2.63. The van der Waals surface area contributed by atoms with Gasteiger partial charge in [0.2, 0.25) is 0 Å². The van der Waals surface area contributed by atoms with E-state index < -0.39 is 17.0 Å². The lowest BCUT2D eigenvalue weighted by molar-refractivity contribution is -0.432. The van der Waals surface area contributed by atoms with Gasteiger partial charge in [-0.25, -0.2) is 4.79 Å². The zero-order valence-electron chi connectivity index (χ0n) is 9.44. The predicted molar refractivity (Wildman–Crippen MR) is 65.6 cm³/mol. The van der Waals surface area contributed by atoms with Gasteiger partial charge in [-0.2, -0.15) is 0 Å². The van der Waals surface area contributed by atoms with Crippen molar-refractivity contribution >= 4 is 17.6 Å². The van der Waals surface area contributed by atoms with Gasteiger partial charge in [0, 0.05) is 5.02 Å². The highest BCUT2D eigenvalue weighted by Crippen LogP contribution is 2.27. The summed E-state index contributed by atoms with van der Waals surface area (Å²) >= 11 is 5.76. The molecule has 1 aromatic rings. The Bertz CT molecular complexity index is 539. The molecule has 0 radical (unpaired) electrons. The van der Waals surface area contributed by atoms with E-state index in [0.717, 1.165) is 0 Å². The number of nitrogens with zero attached hydrogens (tertiary/aromatic N) is 1. The summed E-state index contributed by atoms with van der Waals surface area (Å²) in [6, 6.07) is 5.31. The van der Waals surface area contributed by atoms with Gasteiger partial charge in [0.1, 0.15) is 6.04 Å². The Balaban J connectivity index is 2.46. The molecule has 0 aliphatic carbocycles. The highest BCUT2D eigenvalue weighted by molar-refractivity contribution is 6.30. The SMILES string of the molecule is CC1=C([N+](=O)[O-])[C@@H](c2ccc(Cl)cc2)NC(=O)N1. The topological polar surface area (TPSA) is 84.3 Å². The van der Waals surface area contributed by atoms with Crippen LogP contribution < -0.4 is 10.6 Å². The molecule has 0 aromatic heterocycles. The molecule has 1 heterocycles. The molecule has 1 atom stereocenters. The van der Waals surface area contributed by atoms with Crippen LogP contribution in [0.4, 0.5) is 4.79 Å². The van der Waals surface area contributed by atoms with Gasteiger partial charge >= 0.3 is 6.03 Å². The van der Waals surface area contributed by atoms with Crippen molar-refractivity contribution in [2.45, 2.75) is 13.0 Å². The fourth-order valence-electron chi connectivity index (χ4n) is 1.83. The van der Waals surface area contributed by atoms with Gasteiger partial charge in [0.05, 0.1) is 10.6 Å². The van der Waals surface area contributed by atoms with E-state index in [1.54, 1.807) is 24.3 Å². The highest BCUT2D eigenvalue weighted by Gasteiger charge is 2.35. The summed E-state index contributed by atoms with van der Waals surface area (Å²) in [6.07, 6.45) is 0. The third kappa shape index (κ3) is 2.28. The summed E-state index contributed by atoms with van der Waals surface area (Å²) in [5, 5.41) is 16.5. The standard InChI is InChI=1S/C11H10ClN3O3/c1-6-10(15(17)18)9(14-11(16)13-6)7-2-4-8(12)5-3-7/h2-5,9H,1H3,(H2,13,14,16)/t9-/m1/s1. The number of hydrogen-bond acceptors (Lipinski definition) is 3. The minimum Gasteiger partial charge on any atom is -0.321 e. The molecule has 0 fully saturated rings. The molecule has 0 saturated heterocycles. The molecule has 1 aliphatic heterocycles. The molecule has 2 N–H and O–H groups in total. The zero-order valence-corrected chi connectivity index (χ0v) is 10.2. The Kier molecular flexibility index (Phi) is 3.20. The van der Waals surface area contributed by atoms with Crippen LogP contribution in [0.1, 0.15) is 18.5 Å². The molecule has 2 rings (SSSR count). The van der Waals surface area contributed by atoms with Crippen molar-refractivity contribution in [1.82, 2.24) is 10.6 Å². The molecule has 7 heteroatoms. The van der Waals surface area contributed by atoms with Gasteiger partial charge in [-0.05, 0) is 24.6 Å². The summed E-state index contributed by atoms with van der Waals surface area (Å²) < 4.78 is 0. The van der Waals surface area contributed by atoms with Crippen LogP contribution >= 0.6 is 11.6 Å². The number of carbonyl (C=O) groups is 1. The van der Waals surface area contributed by atoms with Crippen LogP contribution in [0.3, 0.4) is 0 Å². The van der Waals surface area contributed by atoms with Crippen molar-refractivity contribution in [3.8, 4) is 0 Å². The highest BCUT2D eigenvalue weighted by atomic mass is 35.5. The molecule has 0 unspecified atom stereocenters. The number of carbonyl (C=O) groups excluding carboxylic acids is 1. The number of benzene rings is 1. The molecule has 2 amide bonds. The van der Waals surface area contributed by atoms with Gasteiger partial charge in [-0.15, -0.1) is 0 Å². The van der Waals surface area contributed by atoms with Crippen LogP contribution in [-0.4, -0.2) is 11.0 Å². The van der Waals surface area contributed by atoms with Gasteiger partial charge in [0.15, 0.2) is 0 Å². The number of nitrogens with one attached hydrogen (secondary N) is 2. The Hall–Kier alpha value is -2.08. The second-order valence-corrected chi connectivity index (χ2v) is 4.29. The van der Waals surface area contributed by atoms with Crippen molar-refractivity contribution in [2.75, 3.05) is 0 Å². The molecule has 1 aliphatic rings. The number of halogens is 1. The molecule has 6 nitrogen and oxygen atoms in total. The molecule has 18 heavy (non-hydrogen) atoms. The van der Waals surface area contributed by atoms with Crippen LogP contribution in [0, 0.1) is 10.1 Å². The lowest BCUT2D eigenvalue weighted by Crippen LogP contribution is -2.44. The third-order valence-corrected chi connectivity index (χ3v) is 2.89. The van der Waals surface area contributed by atoms with Crippen LogP contribution in [0.5, 0.6) is 0 Å². The van der Waals surface area contributed by atoms with Crippen LogP contribution in [0.25, 0.3) is 0 Å². The molecule has 0 bridgehead atoms. The Morgan fingerprint density at radius 2 is 1.94 bits per heavy atom. The average molecular weight is 268 g/mol.